The van der Waals surface area contributed by atoms with E-state index in [1.54, 1.807) is 7.05 Å². The van der Waals surface area contributed by atoms with Crippen LogP contribution in [0.15, 0.2) is 24.3 Å². The van der Waals surface area contributed by atoms with E-state index in [2.05, 4.69) is 25.1 Å². The lowest BCUT2D eigenvalue weighted by molar-refractivity contribution is 0.130. The average molecular weight is 273 g/mol. The largest absolute Gasteiger partial charge is 0.453 e. The molecular weight excluding hydrogens is 258 g/mol. The Morgan fingerprint density at radius 2 is 1.75 bits per heavy atom. The molecule has 104 valence electrons. The lowest BCUT2D eigenvalue weighted by atomic mass is 10.1. The number of hydrogen-bond acceptors (Lipinski definition) is 6. The van der Waals surface area contributed by atoms with E-state index in [-0.39, 0.29) is 6.54 Å². The van der Waals surface area contributed by atoms with Gasteiger partial charge >= 0.3 is 6.09 Å². The third kappa shape index (κ3) is 3.25. The number of benzene rings is 1. The first-order valence-electron chi connectivity index (χ1n) is 6.02. The number of amides is 1. The van der Waals surface area contributed by atoms with Gasteiger partial charge in [-0.25, -0.2) is 4.79 Å². The highest BCUT2D eigenvalue weighted by Gasteiger charge is 2.11. The van der Waals surface area contributed by atoms with Gasteiger partial charge in [-0.1, -0.05) is 29.8 Å². The van der Waals surface area contributed by atoms with Gasteiger partial charge < -0.3 is 9.64 Å². The van der Waals surface area contributed by atoms with Crippen molar-refractivity contribution in [1.82, 2.24) is 25.3 Å². The molecule has 0 atom stereocenters. The number of hydrogen-bond donors (Lipinski definition) is 0. The third-order valence-electron chi connectivity index (χ3n) is 2.69. The van der Waals surface area contributed by atoms with Crippen molar-refractivity contribution >= 4 is 6.09 Å². The van der Waals surface area contributed by atoms with Gasteiger partial charge in [0.2, 0.25) is 5.82 Å². The molecular formula is C13H15N5O2. The molecule has 2 aromatic rings. The number of rotatable bonds is 3. The monoisotopic (exact) mass is 273 g/mol. The van der Waals surface area contributed by atoms with Crippen LogP contribution in [0.5, 0.6) is 0 Å². The quantitative estimate of drug-likeness (QED) is 0.841. The van der Waals surface area contributed by atoms with Crippen LogP contribution < -0.4 is 0 Å². The smallest absolute Gasteiger partial charge is 0.409 e. The number of methoxy groups -OCH3 is 1. The molecule has 1 aromatic carbocycles. The summed E-state index contributed by atoms with van der Waals surface area (Å²) in [6.07, 6.45) is -0.462. The number of aryl methyl sites for hydroxylation is 1. The summed E-state index contributed by atoms with van der Waals surface area (Å²) in [6, 6.07) is 7.76. The minimum absolute atomic E-state index is 0.195. The Balaban J connectivity index is 2.10. The Hall–Kier alpha value is -2.57. The average Bonchev–Trinajstić information content (AvgIpc) is 2.48. The number of ether oxygens (including phenoxy) is 1. The number of carbonyl (C=O) groups is 1. The van der Waals surface area contributed by atoms with Gasteiger partial charge in [-0.2, -0.15) is 0 Å². The Morgan fingerprint density at radius 3 is 2.30 bits per heavy atom. The van der Waals surface area contributed by atoms with E-state index in [1.807, 2.05) is 31.2 Å². The molecule has 0 saturated heterocycles. The van der Waals surface area contributed by atoms with Gasteiger partial charge in [-0.3, -0.25) is 0 Å². The van der Waals surface area contributed by atoms with Gasteiger partial charge in [-0.15, -0.1) is 20.4 Å². The van der Waals surface area contributed by atoms with E-state index >= 15 is 0 Å². The zero-order chi connectivity index (χ0) is 14.5. The SMILES string of the molecule is COC(=O)N(C)Cc1nnc(-c2ccc(C)cc2)nn1. The highest BCUT2D eigenvalue weighted by Crippen LogP contribution is 2.13. The summed E-state index contributed by atoms with van der Waals surface area (Å²) < 4.78 is 4.58. The van der Waals surface area contributed by atoms with Gasteiger partial charge in [0, 0.05) is 12.6 Å². The first-order valence-corrected chi connectivity index (χ1v) is 6.02. The molecule has 0 saturated carbocycles. The molecule has 20 heavy (non-hydrogen) atoms. The Bertz CT molecular complexity index is 583. The topological polar surface area (TPSA) is 81.1 Å². The summed E-state index contributed by atoms with van der Waals surface area (Å²) in [5, 5.41) is 16.0. The fraction of sp³-hybridized carbons (Fsp3) is 0.308. The van der Waals surface area contributed by atoms with Crippen LogP contribution in [-0.2, 0) is 11.3 Å². The van der Waals surface area contributed by atoms with E-state index in [9.17, 15) is 4.79 Å². The standard InChI is InChI=1S/C13H15N5O2/c1-9-4-6-10(7-5-9)12-16-14-11(15-17-12)8-18(2)13(19)20-3/h4-7H,8H2,1-3H3. The van der Waals surface area contributed by atoms with E-state index in [1.165, 1.54) is 12.0 Å². The second-order valence-corrected chi connectivity index (χ2v) is 4.33. The van der Waals surface area contributed by atoms with E-state index in [0.29, 0.717) is 11.6 Å². The maximum Gasteiger partial charge on any atom is 0.409 e. The fourth-order valence-electron chi connectivity index (χ4n) is 1.56. The van der Waals surface area contributed by atoms with Crippen molar-refractivity contribution in [3.63, 3.8) is 0 Å². The van der Waals surface area contributed by atoms with Crippen LogP contribution in [-0.4, -0.2) is 45.5 Å². The lowest BCUT2D eigenvalue weighted by Crippen LogP contribution is -2.27. The first kappa shape index (κ1) is 13.9. The summed E-state index contributed by atoms with van der Waals surface area (Å²) in [7, 11) is 2.90. The van der Waals surface area contributed by atoms with Crippen LogP contribution in [0, 0.1) is 6.92 Å². The lowest BCUT2D eigenvalue weighted by Gasteiger charge is -2.13. The first-order chi connectivity index (χ1) is 9.60. The molecule has 7 nitrogen and oxygen atoms in total. The summed E-state index contributed by atoms with van der Waals surface area (Å²) in [4.78, 5) is 12.6. The van der Waals surface area contributed by atoms with Crippen LogP contribution >= 0.6 is 0 Å². The van der Waals surface area contributed by atoms with Crippen LogP contribution in [0.1, 0.15) is 11.4 Å². The minimum atomic E-state index is -0.462. The maximum atomic E-state index is 11.2. The van der Waals surface area contributed by atoms with Crippen molar-refractivity contribution in [1.29, 1.82) is 0 Å². The predicted molar refractivity (Wildman–Crippen MR) is 71.7 cm³/mol. The molecule has 0 aliphatic carbocycles. The molecule has 0 aliphatic heterocycles. The molecule has 1 heterocycles. The van der Waals surface area contributed by atoms with Gasteiger partial charge in [0.15, 0.2) is 5.82 Å². The number of aromatic nitrogens is 4. The minimum Gasteiger partial charge on any atom is -0.453 e. The van der Waals surface area contributed by atoms with Crippen molar-refractivity contribution in [2.75, 3.05) is 14.2 Å². The zero-order valence-electron chi connectivity index (χ0n) is 11.6. The molecule has 0 spiro atoms. The molecule has 7 heteroatoms. The van der Waals surface area contributed by atoms with Crippen molar-refractivity contribution in [3.8, 4) is 11.4 Å². The fourth-order valence-corrected chi connectivity index (χ4v) is 1.56. The molecule has 0 radical (unpaired) electrons. The summed E-state index contributed by atoms with van der Waals surface area (Å²) in [5.41, 5.74) is 2.01. The summed E-state index contributed by atoms with van der Waals surface area (Å²) >= 11 is 0. The van der Waals surface area contributed by atoms with Gasteiger partial charge in [0.05, 0.1) is 13.7 Å². The van der Waals surface area contributed by atoms with E-state index in [4.69, 9.17) is 0 Å². The maximum absolute atomic E-state index is 11.2. The van der Waals surface area contributed by atoms with Crippen LogP contribution in [0.4, 0.5) is 4.79 Å². The molecule has 0 aliphatic rings. The van der Waals surface area contributed by atoms with Crippen molar-refractivity contribution in [2.45, 2.75) is 13.5 Å². The van der Waals surface area contributed by atoms with Gasteiger partial charge in [0.1, 0.15) is 0 Å². The third-order valence-corrected chi connectivity index (χ3v) is 2.69. The molecule has 0 unspecified atom stereocenters. The number of carbonyl (C=O) groups excluding carboxylic acids is 1. The van der Waals surface area contributed by atoms with Crippen LogP contribution in [0.25, 0.3) is 11.4 Å². The van der Waals surface area contributed by atoms with Crippen LogP contribution in [0.3, 0.4) is 0 Å². The van der Waals surface area contributed by atoms with Crippen molar-refractivity contribution < 1.29 is 9.53 Å². The Labute approximate surface area is 116 Å². The molecule has 1 aromatic heterocycles. The molecule has 0 N–H and O–H groups in total. The van der Waals surface area contributed by atoms with Crippen molar-refractivity contribution in [3.05, 3.63) is 35.7 Å². The second-order valence-electron chi connectivity index (χ2n) is 4.33. The number of nitrogens with zero attached hydrogens (tertiary/aromatic N) is 5. The predicted octanol–water partition coefficient (Wildman–Crippen LogP) is 1.44. The molecule has 1 amide bonds. The van der Waals surface area contributed by atoms with E-state index in [0.717, 1.165) is 11.1 Å². The van der Waals surface area contributed by atoms with Crippen LogP contribution in [0.2, 0.25) is 0 Å². The normalized spacial score (nSPS) is 10.2. The summed E-state index contributed by atoms with van der Waals surface area (Å²) in [5.74, 6) is 0.809. The van der Waals surface area contributed by atoms with Crippen molar-refractivity contribution in [2.24, 2.45) is 0 Å². The Morgan fingerprint density at radius 1 is 1.15 bits per heavy atom. The highest BCUT2D eigenvalue weighted by molar-refractivity contribution is 5.66. The summed E-state index contributed by atoms with van der Waals surface area (Å²) in [6.45, 7) is 2.20. The van der Waals surface area contributed by atoms with Gasteiger partial charge in [0.25, 0.3) is 0 Å². The van der Waals surface area contributed by atoms with Gasteiger partial charge in [-0.05, 0) is 6.92 Å². The Kier molecular flexibility index (Phi) is 4.19. The highest BCUT2D eigenvalue weighted by atomic mass is 16.5. The molecule has 0 bridgehead atoms. The zero-order valence-corrected chi connectivity index (χ0v) is 11.6. The van der Waals surface area contributed by atoms with E-state index < -0.39 is 6.09 Å². The second kappa shape index (κ2) is 6.05. The molecule has 2 rings (SSSR count). The molecule has 0 fully saturated rings.